The molecule has 0 bridgehead atoms. The number of rotatable bonds is 1. The number of nitrogens with two attached hydrogens (primary N) is 1. The highest BCUT2D eigenvalue weighted by Crippen LogP contribution is 2.14. The van der Waals surface area contributed by atoms with E-state index in [4.69, 9.17) is 5.73 Å². The lowest BCUT2D eigenvalue weighted by molar-refractivity contribution is 0.0892. The molecular formula is C11H12N2O. The smallest absolute Gasteiger partial charge is 0.247 e. The van der Waals surface area contributed by atoms with E-state index < -0.39 is 6.04 Å². The summed E-state index contributed by atoms with van der Waals surface area (Å²) in [5.41, 5.74) is 6.46. The predicted molar refractivity (Wildman–Crippen MR) is 56.2 cm³/mol. The maximum Gasteiger partial charge on any atom is 0.247 e. The van der Waals surface area contributed by atoms with Crippen molar-refractivity contribution in [3.05, 3.63) is 36.5 Å². The summed E-state index contributed by atoms with van der Waals surface area (Å²) >= 11 is 0. The van der Waals surface area contributed by atoms with Crippen molar-refractivity contribution in [3.63, 3.8) is 0 Å². The van der Waals surface area contributed by atoms with Gasteiger partial charge in [0.25, 0.3) is 0 Å². The van der Waals surface area contributed by atoms with Crippen molar-refractivity contribution in [1.29, 1.82) is 0 Å². The van der Waals surface area contributed by atoms with Gasteiger partial charge in [-0.25, -0.2) is 0 Å². The largest absolute Gasteiger partial charge is 0.320 e. The molecule has 72 valence electrons. The highest BCUT2D eigenvalue weighted by Gasteiger charge is 2.11. The van der Waals surface area contributed by atoms with E-state index in [0.717, 1.165) is 10.9 Å². The molecule has 1 aromatic heterocycles. The molecule has 0 radical (unpaired) electrons. The third kappa shape index (κ3) is 1.32. The van der Waals surface area contributed by atoms with Crippen LogP contribution in [0.3, 0.4) is 0 Å². The number of carbonyl (C=O) groups is 1. The van der Waals surface area contributed by atoms with E-state index in [2.05, 4.69) is 0 Å². The van der Waals surface area contributed by atoms with E-state index in [1.165, 1.54) is 0 Å². The van der Waals surface area contributed by atoms with Gasteiger partial charge in [-0.05, 0) is 19.1 Å². The van der Waals surface area contributed by atoms with Crippen LogP contribution in [0.15, 0.2) is 36.5 Å². The van der Waals surface area contributed by atoms with E-state index in [0.29, 0.717) is 0 Å². The van der Waals surface area contributed by atoms with E-state index in [1.807, 2.05) is 30.3 Å². The second kappa shape index (κ2) is 3.27. The van der Waals surface area contributed by atoms with E-state index in [1.54, 1.807) is 17.7 Å². The van der Waals surface area contributed by atoms with Crippen LogP contribution in [0.25, 0.3) is 10.9 Å². The molecule has 0 saturated heterocycles. The minimum Gasteiger partial charge on any atom is -0.320 e. The molecular weight excluding hydrogens is 176 g/mol. The Morgan fingerprint density at radius 1 is 1.36 bits per heavy atom. The zero-order valence-corrected chi connectivity index (χ0v) is 7.97. The van der Waals surface area contributed by atoms with Gasteiger partial charge < -0.3 is 5.73 Å². The number of benzene rings is 1. The van der Waals surface area contributed by atoms with Crippen LogP contribution in [0.4, 0.5) is 0 Å². The van der Waals surface area contributed by atoms with Crippen molar-refractivity contribution >= 4 is 16.8 Å². The summed E-state index contributed by atoms with van der Waals surface area (Å²) in [4.78, 5) is 11.7. The summed E-state index contributed by atoms with van der Waals surface area (Å²) in [7, 11) is 0. The Balaban J connectivity index is 2.58. The number of fused-ring (bicyclic) bond motifs is 1. The van der Waals surface area contributed by atoms with Crippen LogP contribution < -0.4 is 5.73 Å². The van der Waals surface area contributed by atoms with Crippen LogP contribution in [0, 0.1) is 0 Å². The summed E-state index contributed by atoms with van der Waals surface area (Å²) in [6, 6.07) is 9.19. The molecule has 2 aromatic rings. The standard InChI is InChI=1S/C11H12N2O/c1-8(12)11(14)13-7-6-9-4-2-3-5-10(9)13/h2-8H,12H2,1H3. The fraction of sp³-hybridized carbons (Fsp3) is 0.182. The molecule has 1 atom stereocenters. The van der Waals surface area contributed by atoms with Gasteiger partial charge in [-0.2, -0.15) is 0 Å². The van der Waals surface area contributed by atoms with Crippen molar-refractivity contribution < 1.29 is 4.79 Å². The number of hydrogen-bond acceptors (Lipinski definition) is 2. The second-order valence-electron chi connectivity index (χ2n) is 3.37. The van der Waals surface area contributed by atoms with Crippen molar-refractivity contribution in [1.82, 2.24) is 4.57 Å². The zero-order valence-electron chi connectivity index (χ0n) is 7.97. The van der Waals surface area contributed by atoms with Gasteiger partial charge in [0.1, 0.15) is 0 Å². The summed E-state index contributed by atoms with van der Waals surface area (Å²) in [5, 5.41) is 1.06. The first-order valence-electron chi connectivity index (χ1n) is 4.56. The lowest BCUT2D eigenvalue weighted by Gasteiger charge is -2.06. The monoisotopic (exact) mass is 188 g/mol. The average molecular weight is 188 g/mol. The van der Waals surface area contributed by atoms with Crippen LogP contribution in [0.5, 0.6) is 0 Å². The number of nitrogens with zero attached hydrogens (tertiary/aromatic N) is 1. The normalized spacial score (nSPS) is 13.0. The Morgan fingerprint density at radius 3 is 2.79 bits per heavy atom. The van der Waals surface area contributed by atoms with Crippen molar-refractivity contribution in [3.8, 4) is 0 Å². The fourth-order valence-electron chi connectivity index (χ4n) is 1.49. The van der Waals surface area contributed by atoms with Crippen LogP contribution in [-0.4, -0.2) is 16.5 Å². The average Bonchev–Trinajstić information content (AvgIpc) is 2.60. The molecule has 0 saturated carbocycles. The Hall–Kier alpha value is -1.61. The zero-order chi connectivity index (χ0) is 10.1. The fourth-order valence-corrected chi connectivity index (χ4v) is 1.49. The minimum atomic E-state index is -0.467. The molecule has 3 heteroatoms. The topological polar surface area (TPSA) is 48.0 Å². The second-order valence-corrected chi connectivity index (χ2v) is 3.37. The van der Waals surface area contributed by atoms with Crippen LogP contribution in [0.1, 0.15) is 11.7 Å². The van der Waals surface area contributed by atoms with Crippen LogP contribution >= 0.6 is 0 Å². The molecule has 2 rings (SSSR count). The number of hydrogen-bond donors (Lipinski definition) is 1. The summed E-state index contributed by atoms with van der Waals surface area (Å²) < 4.78 is 1.60. The number of aromatic nitrogens is 1. The van der Waals surface area contributed by atoms with Gasteiger partial charge in [-0.1, -0.05) is 18.2 Å². The first-order valence-corrected chi connectivity index (χ1v) is 4.56. The molecule has 1 heterocycles. The SMILES string of the molecule is CC(N)C(=O)n1ccc2ccccc21. The van der Waals surface area contributed by atoms with Crippen molar-refractivity contribution in [2.75, 3.05) is 0 Å². The lowest BCUT2D eigenvalue weighted by Crippen LogP contribution is -2.31. The molecule has 0 aliphatic carbocycles. The Kier molecular flexibility index (Phi) is 2.09. The van der Waals surface area contributed by atoms with Crippen LogP contribution in [-0.2, 0) is 0 Å². The van der Waals surface area contributed by atoms with Gasteiger partial charge in [-0.15, -0.1) is 0 Å². The molecule has 3 nitrogen and oxygen atoms in total. The van der Waals surface area contributed by atoms with Gasteiger partial charge in [0.15, 0.2) is 0 Å². The Labute approximate surface area is 82.1 Å². The van der Waals surface area contributed by atoms with Crippen molar-refractivity contribution in [2.45, 2.75) is 13.0 Å². The third-order valence-corrected chi connectivity index (χ3v) is 2.23. The van der Waals surface area contributed by atoms with Gasteiger partial charge >= 0.3 is 0 Å². The molecule has 0 amide bonds. The summed E-state index contributed by atoms with van der Waals surface area (Å²) in [6.07, 6.45) is 1.76. The predicted octanol–water partition coefficient (Wildman–Crippen LogP) is 1.63. The Morgan fingerprint density at radius 2 is 2.07 bits per heavy atom. The third-order valence-electron chi connectivity index (χ3n) is 2.23. The molecule has 1 aromatic carbocycles. The van der Waals surface area contributed by atoms with Gasteiger partial charge in [-0.3, -0.25) is 9.36 Å². The molecule has 0 fully saturated rings. The molecule has 1 unspecified atom stereocenters. The van der Waals surface area contributed by atoms with Gasteiger partial charge in [0.05, 0.1) is 11.6 Å². The van der Waals surface area contributed by atoms with E-state index >= 15 is 0 Å². The molecule has 2 N–H and O–H groups in total. The first-order chi connectivity index (χ1) is 6.70. The Bertz CT molecular complexity index is 471. The van der Waals surface area contributed by atoms with Crippen LogP contribution in [0.2, 0.25) is 0 Å². The molecule has 0 spiro atoms. The highest BCUT2D eigenvalue weighted by atomic mass is 16.2. The quantitative estimate of drug-likeness (QED) is 0.739. The first kappa shape index (κ1) is 8.97. The summed E-state index contributed by atoms with van der Waals surface area (Å²) in [6.45, 7) is 1.69. The lowest BCUT2D eigenvalue weighted by atomic mass is 10.2. The summed E-state index contributed by atoms with van der Waals surface area (Å²) in [5.74, 6) is -0.0776. The van der Waals surface area contributed by atoms with Gasteiger partial charge in [0.2, 0.25) is 5.91 Å². The maximum atomic E-state index is 11.7. The minimum absolute atomic E-state index is 0.0776. The number of carbonyl (C=O) groups excluding carboxylic acids is 1. The highest BCUT2D eigenvalue weighted by molar-refractivity contribution is 5.94. The van der Waals surface area contributed by atoms with Crippen molar-refractivity contribution in [2.24, 2.45) is 5.73 Å². The van der Waals surface area contributed by atoms with E-state index in [9.17, 15) is 4.79 Å². The molecule has 14 heavy (non-hydrogen) atoms. The van der Waals surface area contributed by atoms with E-state index in [-0.39, 0.29) is 5.91 Å². The van der Waals surface area contributed by atoms with Gasteiger partial charge in [0, 0.05) is 11.6 Å². The number of para-hydroxylation sites is 1. The molecule has 0 aliphatic heterocycles. The maximum absolute atomic E-state index is 11.7. The molecule has 0 aliphatic rings.